The van der Waals surface area contributed by atoms with E-state index in [0.717, 1.165) is 0 Å². The summed E-state index contributed by atoms with van der Waals surface area (Å²) < 4.78 is 90.5. The Hall–Kier alpha value is -1.38. The molecule has 0 aromatic heterocycles. The summed E-state index contributed by atoms with van der Waals surface area (Å²) in [5.41, 5.74) is -3.28. The summed E-state index contributed by atoms with van der Waals surface area (Å²) in [5, 5.41) is 0. The second kappa shape index (κ2) is 6.02. The molecule has 124 valence electrons. The zero-order valence-corrected chi connectivity index (χ0v) is 12.7. The largest absolute Gasteiger partial charge is 0.417 e. The molecule has 0 heterocycles. The van der Waals surface area contributed by atoms with E-state index >= 15 is 0 Å². The van der Waals surface area contributed by atoms with Crippen molar-refractivity contribution in [2.45, 2.75) is 37.9 Å². The van der Waals surface area contributed by atoms with Gasteiger partial charge < -0.3 is 0 Å². The lowest BCUT2D eigenvalue weighted by Gasteiger charge is -2.15. The highest BCUT2D eigenvalue weighted by molar-refractivity contribution is 7.85. The SMILES string of the molecule is CC(C)(C)S(=O)/N=C/c1cc(C(F)(F)F)ccc1C(F)(F)F. The smallest absolute Gasteiger partial charge is 0.234 e. The maximum absolute atomic E-state index is 12.8. The monoisotopic (exact) mass is 345 g/mol. The lowest BCUT2D eigenvalue weighted by atomic mass is 10.0. The molecule has 0 radical (unpaired) electrons. The van der Waals surface area contributed by atoms with Gasteiger partial charge in [0.05, 0.1) is 15.9 Å². The Balaban J connectivity index is 3.36. The Bertz CT molecular complexity index is 598. The van der Waals surface area contributed by atoms with Gasteiger partial charge in [-0.1, -0.05) is 0 Å². The van der Waals surface area contributed by atoms with Gasteiger partial charge in [0.1, 0.15) is 11.0 Å². The minimum atomic E-state index is -4.84. The zero-order valence-electron chi connectivity index (χ0n) is 11.8. The molecule has 2 nitrogen and oxygen atoms in total. The molecule has 1 rings (SSSR count). The van der Waals surface area contributed by atoms with Crippen LogP contribution < -0.4 is 0 Å². The van der Waals surface area contributed by atoms with Crippen LogP contribution in [0.25, 0.3) is 0 Å². The van der Waals surface area contributed by atoms with Gasteiger partial charge in [-0.05, 0) is 39.0 Å². The molecule has 0 saturated carbocycles. The van der Waals surface area contributed by atoms with Crippen molar-refractivity contribution in [3.8, 4) is 0 Å². The van der Waals surface area contributed by atoms with Crippen LogP contribution in [0.2, 0.25) is 0 Å². The molecular weight excluding hydrogens is 332 g/mol. The van der Waals surface area contributed by atoms with Crippen LogP contribution in [0.15, 0.2) is 22.6 Å². The summed E-state index contributed by atoms with van der Waals surface area (Å²) in [5.74, 6) is 0. The zero-order chi connectivity index (χ0) is 17.3. The third-order valence-electron chi connectivity index (χ3n) is 2.50. The van der Waals surface area contributed by atoms with Crippen molar-refractivity contribution in [1.82, 2.24) is 0 Å². The second-order valence-electron chi connectivity index (χ2n) is 5.39. The number of alkyl halides is 6. The first-order chi connectivity index (χ1) is 9.73. The third-order valence-corrected chi connectivity index (χ3v) is 3.84. The number of rotatable bonds is 2. The standard InChI is InChI=1S/C13H13F6NOS/c1-11(2,3)22(21)20-7-8-6-9(12(14,15)16)4-5-10(8)13(17,18)19/h4-7H,1-3H3/b20-7+. The Kier molecular flexibility index (Phi) is 5.11. The maximum atomic E-state index is 12.8. The molecule has 0 aliphatic carbocycles. The van der Waals surface area contributed by atoms with Crippen molar-refractivity contribution in [2.75, 3.05) is 0 Å². The first-order valence-corrected chi connectivity index (χ1v) is 7.08. The van der Waals surface area contributed by atoms with Crippen LogP contribution in [-0.2, 0) is 23.3 Å². The third kappa shape index (κ3) is 4.82. The molecule has 1 unspecified atom stereocenters. The number of benzene rings is 1. The van der Waals surface area contributed by atoms with Gasteiger partial charge in [-0.25, -0.2) is 4.21 Å². The van der Waals surface area contributed by atoms with Gasteiger partial charge in [0.25, 0.3) is 0 Å². The summed E-state index contributed by atoms with van der Waals surface area (Å²) in [7, 11) is -1.88. The summed E-state index contributed by atoms with van der Waals surface area (Å²) in [6, 6.07) is 1.03. The molecule has 1 aromatic carbocycles. The van der Waals surface area contributed by atoms with Gasteiger partial charge in [-0.15, -0.1) is 0 Å². The van der Waals surface area contributed by atoms with Crippen molar-refractivity contribution >= 4 is 17.2 Å². The minimum Gasteiger partial charge on any atom is -0.234 e. The Morgan fingerprint density at radius 1 is 1.00 bits per heavy atom. The molecule has 0 amide bonds. The van der Waals surface area contributed by atoms with Crippen LogP contribution in [0.3, 0.4) is 0 Å². The summed E-state index contributed by atoms with van der Waals surface area (Å²) >= 11 is 0. The van der Waals surface area contributed by atoms with Crippen LogP contribution in [0.1, 0.15) is 37.5 Å². The maximum Gasteiger partial charge on any atom is 0.417 e. The van der Waals surface area contributed by atoms with Crippen molar-refractivity contribution < 1.29 is 30.6 Å². The molecule has 22 heavy (non-hydrogen) atoms. The minimum absolute atomic E-state index is 0.337. The van der Waals surface area contributed by atoms with E-state index in [1.807, 2.05) is 0 Å². The van der Waals surface area contributed by atoms with Gasteiger partial charge in [0.2, 0.25) is 0 Å². The van der Waals surface area contributed by atoms with Crippen LogP contribution in [0.5, 0.6) is 0 Å². The van der Waals surface area contributed by atoms with E-state index in [0.29, 0.717) is 24.4 Å². The van der Waals surface area contributed by atoms with E-state index in [1.54, 1.807) is 0 Å². The van der Waals surface area contributed by atoms with Crippen molar-refractivity contribution in [1.29, 1.82) is 0 Å². The van der Waals surface area contributed by atoms with E-state index < -0.39 is 44.8 Å². The molecule has 0 bridgehead atoms. The van der Waals surface area contributed by atoms with E-state index in [4.69, 9.17) is 0 Å². The summed E-state index contributed by atoms with van der Waals surface area (Å²) in [4.78, 5) is 0. The van der Waals surface area contributed by atoms with E-state index in [-0.39, 0.29) is 0 Å². The number of hydrogen-bond acceptors (Lipinski definition) is 1. The fourth-order valence-electron chi connectivity index (χ4n) is 1.37. The van der Waals surface area contributed by atoms with Crippen molar-refractivity contribution in [3.63, 3.8) is 0 Å². The van der Waals surface area contributed by atoms with E-state index in [1.165, 1.54) is 20.8 Å². The van der Waals surface area contributed by atoms with Crippen LogP contribution in [0.4, 0.5) is 26.3 Å². The molecule has 0 aliphatic rings. The second-order valence-corrected chi connectivity index (χ2v) is 7.33. The highest BCUT2D eigenvalue weighted by Crippen LogP contribution is 2.36. The quantitative estimate of drug-likeness (QED) is 0.569. The van der Waals surface area contributed by atoms with Crippen molar-refractivity contribution in [3.05, 3.63) is 34.9 Å². The van der Waals surface area contributed by atoms with Crippen LogP contribution in [-0.4, -0.2) is 15.2 Å². The average Bonchev–Trinajstić information content (AvgIpc) is 2.32. The molecule has 0 fully saturated rings. The number of halogens is 6. The molecule has 0 spiro atoms. The molecule has 0 saturated heterocycles. The van der Waals surface area contributed by atoms with Gasteiger partial charge in [-0.2, -0.15) is 30.7 Å². The normalized spacial score (nSPS) is 15.3. The van der Waals surface area contributed by atoms with Gasteiger partial charge in [-0.3, -0.25) is 0 Å². The number of hydrogen-bond donors (Lipinski definition) is 0. The predicted molar refractivity (Wildman–Crippen MR) is 71.9 cm³/mol. The highest BCUT2D eigenvalue weighted by Gasteiger charge is 2.36. The number of nitrogens with zero attached hydrogens (tertiary/aromatic N) is 1. The van der Waals surface area contributed by atoms with Crippen molar-refractivity contribution in [2.24, 2.45) is 4.40 Å². The first kappa shape index (κ1) is 18.7. The van der Waals surface area contributed by atoms with Gasteiger partial charge in [0, 0.05) is 11.8 Å². The van der Waals surface area contributed by atoms with Crippen LogP contribution in [0, 0.1) is 0 Å². The lowest BCUT2D eigenvalue weighted by Crippen LogP contribution is -2.20. The Labute approximate surface area is 125 Å². The fourth-order valence-corrected chi connectivity index (χ4v) is 1.89. The average molecular weight is 345 g/mol. The topological polar surface area (TPSA) is 29.4 Å². The summed E-state index contributed by atoms with van der Waals surface area (Å²) in [6.45, 7) is 4.62. The van der Waals surface area contributed by atoms with E-state index in [2.05, 4.69) is 4.40 Å². The van der Waals surface area contributed by atoms with Gasteiger partial charge >= 0.3 is 12.4 Å². The van der Waals surface area contributed by atoms with E-state index in [9.17, 15) is 30.6 Å². The van der Waals surface area contributed by atoms with Crippen LogP contribution >= 0.6 is 0 Å². The molecule has 9 heteroatoms. The van der Waals surface area contributed by atoms with Gasteiger partial charge in [0.15, 0.2) is 0 Å². The predicted octanol–water partition coefficient (Wildman–Crippen LogP) is 4.61. The first-order valence-electron chi connectivity index (χ1n) is 5.97. The molecule has 1 aromatic rings. The molecule has 1 atom stereocenters. The fraction of sp³-hybridized carbons (Fsp3) is 0.462. The highest BCUT2D eigenvalue weighted by atomic mass is 32.2. The molecule has 0 N–H and O–H groups in total. The Morgan fingerprint density at radius 3 is 1.95 bits per heavy atom. The summed E-state index contributed by atoms with van der Waals surface area (Å²) in [6.07, 6.45) is -9.05. The molecule has 0 aliphatic heterocycles. The Morgan fingerprint density at radius 2 is 1.55 bits per heavy atom. The lowest BCUT2D eigenvalue weighted by molar-refractivity contribution is -0.141. The molecular formula is C13H13F6NOS.